The minimum absolute atomic E-state index is 0.0995. The van der Waals surface area contributed by atoms with E-state index in [2.05, 4.69) is 34.3 Å². The van der Waals surface area contributed by atoms with Crippen molar-refractivity contribution in [3.05, 3.63) is 83.8 Å². The molecule has 0 radical (unpaired) electrons. The highest BCUT2D eigenvalue weighted by atomic mass is 19.3. The summed E-state index contributed by atoms with van der Waals surface area (Å²) < 4.78 is 28.5. The van der Waals surface area contributed by atoms with Crippen LogP contribution in [0.5, 0.6) is 0 Å². The van der Waals surface area contributed by atoms with Gasteiger partial charge in [0.1, 0.15) is 11.6 Å². The van der Waals surface area contributed by atoms with E-state index in [1.165, 1.54) is 23.9 Å². The highest BCUT2D eigenvalue weighted by Gasteiger charge is 2.28. The number of nitrogens with zero attached hydrogens (tertiary/aromatic N) is 4. The number of hydrogen-bond acceptors (Lipinski definition) is 5. The summed E-state index contributed by atoms with van der Waals surface area (Å²) in [7, 11) is 2.04. The van der Waals surface area contributed by atoms with E-state index in [1.54, 1.807) is 0 Å². The van der Waals surface area contributed by atoms with Gasteiger partial charge in [-0.15, -0.1) is 0 Å². The molecule has 1 N–H and O–H groups in total. The van der Waals surface area contributed by atoms with Crippen molar-refractivity contribution >= 4 is 16.7 Å². The van der Waals surface area contributed by atoms with Gasteiger partial charge in [-0.05, 0) is 56.3 Å². The average Bonchev–Trinajstić information content (AvgIpc) is 2.84. The van der Waals surface area contributed by atoms with E-state index in [-0.39, 0.29) is 11.3 Å². The van der Waals surface area contributed by atoms with E-state index in [0.717, 1.165) is 37.5 Å². The molecular weight excluding hydrogens is 444 g/mol. The lowest BCUT2D eigenvalue weighted by Crippen LogP contribution is -2.20. The molecule has 0 spiro atoms. The van der Waals surface area contributed by atoms with Crippen LogP contribution in [-0.2, 0) is 18.9 Å². The third-order valence-corrected chi connectivity index (χ3v) is 5.86. The van der Waals surface area contributed by atoms with Crippen LogP contribution in [0.4, 0.5) is 14.6 Å². The molecule has 0 aliphatic carbocycles. The number of nitrogens with one attached hydrogen (secondary N) is 1. The number of aromatic nitrogens is 3. The highest BCUT2D eigenvalue weighted by Crippen LogP contribution is 2.35. The molecule has 182 valence electrons. The molecule has 5 nitrogen and oxygen atoms in total. The molecule has 0 unspecified atom stereocenters. The Morgan fingerprint density at radius 1 is 1.00 bits per heavy atom. The van der Waals surface area contributed by atoms with Crippen molar-refractivity contribution in [2.75, 3.05) is 25.5 Å². The standard InChI is InChI=1S/C28H31F2N5/c1-4-17-35(3)19-25-33-24-18-21(26-23(28(2,29)30)11-8-15-31-26)12-13-22(24)27(34-25)32-16-14-20-9-6-5-7-10-20/h5-13,15,18H,4,14,16-17,19H2,1-3H3,(H,32,33,34). The van der Waals surface area contributed by atoms with Gasteiger partial charge in [0.2, 0.25) is 0 Å². The zero-order valence-electron chi connectivity index (χ0n) is 20.4. The molecule has 0 amide bonds. The summed E-state index contributed by atoms with van der Waals surface area (Å²) in [6.45, 7) is 5.28. The van der Waals surface area contributed by atoms with E-state index in [1.807, 2.05) is 43.4 Å². The molecule has 0 atom stereocenters. The van der Waals surface area contributed by atoms with Crippen LogP contribution in [0.1, 0.15) is 37.2 Å². The fourth-order valence-corrected chi connectivity index (χ4v) is 4.19. The molecule has 4 aromatic rings. The molecule has 0 bridgehead atoms. The second-order valence-corrected chi connectivity index (χ2v) is 8.91. The Hall–Kier alpha value is -3.45. The summed E-state index contributed by atoms with van der Waals surface area (Å²) in [5, 5.41) is 4.32. The van der Waals surface area contributed by atoms with E-state index in [4.69, 9.17) is 9.97 Å². The van der Waals surface area contributed by atoms with Crippen LogP contribution in [0.2, 0.25) is 0 Å². The molecule has 0 saturated carbocycles. The van der Waals surface area contributed by atoms with Gasteiger partial charge in [0.15, 0.2) is 0 Å². The summed E-state index contributed by atoms with van der Waals surface area (Å²) in [5.74, 6) is -1.56. The van der Waals surface area contributed by atoms with Crippen molar-refractivity contribution in [1.82, 2.24) is 19.9 Å². The van der Waals surface area contributed by atoms with Crippen molar-refractivity contribution < 1.29 is 8.78 Å². The first-order valence-corrected chi connectivity index (χ1v) is 12.0. The lowest BCUT2D eigenvalue weighted by Gasteiger charge is -2.17. The van der Waals surface area contributed by atoms with Crippen molar-refractivity contribution in [2.24, 2.45) is 0 Å². The predicted octanol–water partition coefficient (Wildman–Crippen LogP) is 6.30. The quantitative estimate of drug-likeness (QED) is 0.292. The maximum absolute atomic E-state index is 14.3. The van der Waals surface area contributed by atoms with Crippen molar-refractivity contribution in [3.8, 4) is 11.3 Å². The molecule has 2 heterocycles. The van der Waals surface area contributed by atoms with Crippen LogP contribution >= 0.6 is 0 Å². The Bertz CT molecular complexity index is 1270. The summed E-state index contributed by atoms with van der Waals surface area (Å²) in [6.07, 6.45) is 3.43. The van der Waals surface area contributed by atoms with Crippen molar-refractivity contribution in [3.63, 3.8) is 0 Å². The fraction of sp³-hybridized carbons (Fsp3) is 0.321. The first-order valence-electron chi connectivity index (χ1n) is 12.0. The number of anilines is 1. The summed E-state index contributed by atoms with van der Waals surface area (Å²) in [6, 6.07) is 18.8. The third-order valence-electron chi connectivity index (χ3n) is 5.86. The Morgan fingerprint density at radius 3 is 2.54 bits per heavy atom. The molecule has 0 saturated heterocycles. The Labute approximate surface area is 205 Å². The molecule has 2 aromatic carbocycles. The fourth-order valence-electron chi connectivity index (χ4n) is 4.19. The normalized spacial score (nSPS) is 11.8. The summed E-state index contributed by atoms with van der Waals surface area (Å²) in [4.78, 5) is 16.1. The molecule has 0 aliphatic rings. The number of hydrogen-bond donors (Lipinski definition) is 1. The van der Waals surface area contributed by atoms with Crippen LogP contribution < -0.4 is 5.32 Å². The minimum Gasteiger partial charge on any atom is -0.369 e. The number of benzene rings is 2. The van der Waals surface area contributed by atoms with Crippen LogP contribution in [0, 0.1) is 0 Å². The maximum atomic E-state index is 14.3. The number of pyridine rings is 1. The largest absolute Gasteiger partial charge is 0.369 e. The zero-order valence-corrected chi connectivity index (χ0v) is 20.4. The maximum Gasteiger partial charge on any atom is 0.272 e. The van der Waals surface area contributed by atoms with Crippen LogP contribution in [-0.4, -0.2) is 40.0 Å². The van der Waals surface area contributed by atoms with Gasteiger partial charge in [0, 0.05) is 36.2 Å². The second-order valence-electron chi connectivity index (χ2n) is 8.91. The molecule has 35 heavy (non-hydrogen) atoms. The third kappa shape index (κ3) is 6.17. The summed E-state index contributed by atoms with van der Waals surface area (Å²) in [5.41, 5.74) is 2.72. The van der Waals surface area contributed by atoms with Crippen LogP contribution in [0.25, 0.3) is 22.2 Å². The lowest BCUT2D eigenvalue weighted by molar-refractivity contribution is 0.0178. The Morgan fingerprint density at radius 2 is 1.80 bits per heavy atom. The molecule has 2 aromatic heterocycles. The van der Waals surface area contributed by atoms with E-state index in [0.29, 0.717) is 30.0 Å². The highest BCUT2D eigenvalue weighted by molar-refractivity contribution is 5.92. The van der Waals surface area contributed by atoms with Gasteiger partial charge in [0.05, 0.1) is 17.8 Å². The molecular formula is C28H31F2N5. The van der Waals surface area contributed by atoms with E-state index in [9.17, 15) is 8.78 Å². The Balaban J connectivity index is 1.71. The second kappa shape index (κ2) is 10.9. The topological polar surface area (TPSA) is 53.9 Å². The van der Waals surface area contributed by atoms with Crippen LogP contribution in [0.15, 0.2) is 66.9 Å². The first kappa shape index (κ1) is 24.7. The number of rotatable bonds is 10. The SMILES string of the molecule is CCCN(C)Cc1nc(NCCc2ccccc2)c2ccc(-c3ncccc3C(C)(F)F)cc2n1. The number of halogens is 2. The Kier molecular flexibility index (Phi) is 7.66. The monoisotopic (exact) mass is 475 g/mol. The molecule has 4 rings (SSSR count). The van der Waals surface area contributed by atoms with Gasteiger partial charge in [-0.1, -0.05) is 43.3 Å². The van der Waals surface area contributed by atoms with Gasteiger partial charge in [-0.3, -0.25) is 9.88 Å². The average molecular weight is 476 g/mol. The number of alkyl halides is 2. The van der Waals surface area contributed by atoms with Crippen molar-refractivity contribution in [2.45, 2.75) is 39.2 Å². The minimum atomic E-state index is -3.00. The van der Waals surface area contributed by atoms with E-state index >= 15 is 0 Å². The van der Waals surface area contributed by atoms with Gasteiger partial charge in [-0.25, -0.2) is 18.7 Å². The predicted molar refractivity (Wildman–Crippen MR) is 138 cm³/mol. The lowest BCUT2D eigenvalue weighted by atomic mass is 10.0. The van der Waals surface area contributed by atoms with Gasteiger partial charge < -0.3 is 5.32 Å². The molecule has 7 heteroatoms. The van der Waals surface area contributed by atoms with Gasteiger partial charge >= 0.3 is 0 Å². The van der Waals surface area contributed by atoms with Crippen LogP contribution in [0.3, 0.4) is 0 Å². The first-order chi connectivity index (χ1) is 16.8. The van der Waals surface area contributed by atoms with Gasteiger partial charge in [0.25, 0.3) is 5.92 Å². The molecule has 0 fully saturated rings. The van der Waals surface area contributed by atoms with E-state index < -0.39 is 5.92 Å². The number of fused-ring (bicyclic) bond motifs is 1. The molecule has 0 aliphatic heterocycles. The smallest absolute Gasteiger partial charge is 0.272 e. The summed E-state index contributed by atoms with van der Waals surface area (Å²) >= 11 is 0. The van der Waals surface area contributed by atoms with Gasteiger partial charge in [-0.2, -0.15) is 0 Å². The zero-order chi connectivity index (χ0) is 24.8. The van der Waals surface area contributed by atoms with Crippen molar-refractivity contribution in [1.29, 1.82) is 0 Å².